The number of aryl methyl sites for hydroxylation is 2. The fourth-order valence-corrected chi connectivity index (χ4v) is 7.36. The van der Waals surface area contributed by atoms with Gasteiger partial charge < -0.3 is 30.7 Å². The van der Waals surface area contributed by atoms with E-state index in [-0.39, 0.29) is 43.9 Å². The highest BCUT2D eigenvalue weighted by molar-refractivity contribution is 6.33. The molecule has 0 aliphatic heterocycles. The lowest BCUT2D eigenvalue weighted by atomic mass is 10.1. The van der Waals surface area contributed by atoms with Crippen LogP contribution in [-0.4, -0.2) is 73.3 Å². The zero-order valence-electron chi connectivity index (χ0n) is 37.7. The van der Waals surface area contributed by atoms with Crippen molar-refractivity contribution >= 4 is 127 Å². The number of hydrogen-bond acceptors (Lipinski definition) is 12. The van der Waals surface area contributed by atoms with Crippen LogP contribution in [0.3, 0.4) is 0 Å². The first kappa shape index (κ1) is 53.5. The molecule has 0 fully saturated rings. The van der Waals surface area contributed by atoms with Crippen molar-refractivity contribution in [1.29, 1.82) is 0 Å². The van der Waals surface area contributed by atoms with Crippen LogP contribution in [-0.2, 0) is 32.0 Å². The maximum atomic E-state index is 13.6. The molecule has 16 nitrogen and oxygen atoms in total. The molecular weight excluding hydrogens is 994 g/mol. The van der Waals surface area contributed by atoms with Crippen molar-refractivity contribution in [2.45, 2.75) is 51.1 Å². The molecule has 3 unspecified atom stereocenters. The monoisotopic (exact) mass is 1040 g/mol. The Balaban J connectivity index is 1.29. The fraction of sp³-hybridized carbons (Fsp3) is 0.250. The van der Waals surface area contributed by atoms with Gasteiger partial charge in [-0.3, -0.25) is 28.8 Å². The van der Waals surface area contributed by atoms with Crippen LogP contribution in [0.25, 0.3) is 0 Å². The average Bonchev–Trinajstić information content (AvgIpc) is 3.31. The van der Waals surface area contributed by atoms with Crippen molar-refractivity contribution in [3.05, 3.63) is 129 Å². The molecule has 5 rings (SSSR count). The first-order valence-corrected chi connectivity index (χ1v) is 23.1. The largest absolute Gasteiger partial charge is 0.497 e. The van der Waals surface area contributed by atoms with Crippen molar-refractivity contribution in [1.82, 2.24) is 0 Å². The third-order valence-electron chi connectivity index (χ3n) is 10.1. The molecule has 0 spiro atoms. The topological polar surface area (TPSA) is 218 Å². The Kier molecular flexibility index (Phi) is 19.6. The first-order chi connectivity index (χ1) is 33.0. The summed E-state index contributed by atoms with van der Waals surface area (Å²) in [5.74, 6) is -2.37. The van der Waals surface area contributed by atoms with Gasteiger partial charge >= 0.3 is 0 Å². The van der Waals surface area contributed by atoms with E-state index in [4.69, 9.17) is 67.5 Å². The standard InChI is InChI=1S/C48H45Cl5N8O8/c1-25(51)35-22-32(54-47(66)43(26(2)62)60-58-41-20-30(8-13-36(41)52)45(64)56-39-23-33(68-4)11-6-28(39)16-18-49)10-15-38(35)55-48(67)44(27(3)63)61-59-42-21-31(9-14-37(42)53)46(65)57-40-24-34(69-5)12-7-29(40)17-19-50/h6-15,20-25,43-44H,16-19H2,1-5H3,(H,54,66)(H,55,67)(H,56,64)(H,57,65). The van der Waals surface area contributed by atoms with Gasteiger partial charge in [-0.1, -0.05) is 35.3 Å². The molecule has 360 valence electrons. The molecule has 0 bridgehead atoms. The Hall–Kier alpha value is -6.43. The van der Waals surface area contributed by atoms with Crippen molar-refractivity contribution in [2.75, 3.05) is 47.2 Å². The molecule has 0 heterocycles. The maximum Gasteiger partial charge on any atom is 0.258 e. The number of ether oxygens (including phenoxy) is 2. The van der Waals surface area contributed by atoms with Gasteiger partial charge in [-0.05, 0) is 117 Å². The summed E-state index contributed by atoms with van der Waals surface area (Å²) in [5, 5.41) is 26.5. The van der Waals surface area contributed by atoms with E-state index in [0.29, 0.717) is 53.0 Å². The number of carbonyl (C=O) groups excluding carboxylic acids is 6. The van der Waals surface area contributed by atoms with E-state index in [2.05, 4.69) is 41.7 Å². The van der Waals surface area contributed by atoms with Crippen LogP contribution in [0.5, 0.6) is 11.5 Å². The number of nitrogens with zero attached hydrogens (tertiary/aromatic N) is 4. The van der Waals surface area contributed by atoms with Gasteiger partial charge in [-0.15, -0.1) is 34.8 Å². The summed E-state index contributed by atoms with van der Waals surface area (Å²) in [4.78, 5) is 79.2. The van der Waals surface area contributed by atoms with E-state index in [1.807, 2.05) is 0 Å². The summed E-state index contributed by atoms with van der Waals surface area (Å²) in [6.45, 7) is 3.91. The maximum absolute atomic E-state index is 13.6. The Morgan fingerprint density at radius 3 is 1.42 bits per heavy atom. The number of hydrogen-bond donors (Lipinski definition) is 4. The number of Topliss-reactive ketones (excluding diaryl/α,β-unsaturated/α-hetero) is 2. The predicted molar refractivity (Wildman–Crippen MR) is 270 cm³/mol. The van der Waals surface area contributed by atoms with E-state index in [1.165, 1.54) is 68.8 Å². The van der Waals surface area contributed by atoms with E-state index in [0.717, 1.165) is 25.0 Å². The summed E-state index contributed by atoms with van der Waals surface area (Å²) < 4.78 is 10.6. The molecular formula is C48H45Cl5N8O8. The summed E-state index contributed by atoms with van der Waals surface area (Å²) >= 11 is 31.2. The van der Waals surface area contributed by atoms with Crippen LogP contribution in [0.1, 0.15) is 63.6 Å². The van der Waals surface area contributed by atoms with Gasteiger partial charge in [0.2, 0.25) is 12.1 Å². The van der Waals surface area contributed by atoms with Gasteiger partial charge in [0.05, 0.1) is 29.6 Å². The molecule has 4 N–H and O–H groups in total. The number of ketones is 2. The average molecular weight is 1040 g/mol. The van der Waals surface area contributed by atoms with Gasteiger partial charge in [0.25, 0.3) is 23.6 Å². The van der Waals surface area contributed by atoms with Gasteiger partial charge in [0.15, 0.2) is 11.6 Å². The molecule has 0 radical (unpaired) electrons. The predicted octanol–water partition coefficient (Wildman–Crippen LogP) is 11.7. The summed E-state index contributed by atoms with van der Waals surface area (Å²) in [5.41, 5.74) is 3.56. The molecule has 0 saturated heterocycles. The molecule has 4 amide bonds. The van der Waals surface area contributed by atoms with Gasteiger partial charge in [0, 0.05) is 57.8 Å². The van der Waals surface area contributed by atoms with E-state index >= 15 is 0 Å². The second-order valence-corrected chi connectivity index (χ2v) is 17.2. The molecule has 0 aliphatic rings. The minimum absolute atomic E-state index is 0.00949. The third-order valence-corrected chi connectivity index (χ3v) is 11.4. The van der Waals surface area contributed by atoms with Crippen LogP contribution in [0.2, 0.25) is 10.0 Å². The third kappa shape index (κ3) is 14.5. The number of alkyl halides is 3. The molecule has 5 aromatic rings. The molecule has 0 aromatic heterocycles. The molecule has 69 heavy (non-hydrogen) atoms. The van der Waals surface area contributed by atoms with Crippen molar-refractivity contribution in [3.63, 3.8) is 0 Å². The fourth-order valence-electron chi connectivity index (χ4n) is 6.46. The van der Waals surface area contributed by atoms with Crippen molar-refractivity contribution in [3.8, 4) is 11.5 Å². The molecule has 21 heteroatoms. The van der Waals surface area contributed by atoms with E-state index < -0.39 is 52.7 Å². The van der Waals surface area contributed by atoms with Gasteiger partial charge in [0.1, 0.15) is 22.9 Å². The van der Waals surface area contributed by atoms with Crippen LogP contribution in [0.15, 0.2) is 111 Å². The second kappa shape index (κ2) is 25.3. The van der Waals surface area contributed by atoms with Crippen LogP contribution in [0, 0.1) is 0 Å². The number of rotatable bonds is 21. The van der Waals surface area contributed by atoms with Crippen LogP contribution >= 0.6 is 58.0 Å². The number of halogens is 5. The number of amides is 4. The number of methoxy groups -OCH3 is 2. The number of carbonyl (C=O) groups is 6. The lowest BCUT2D eigenvalue weighted by Gasteiger charge is -2.17. The number of nitrogens with one attached hydrogen (secondary N) is 4. The number of azo groups is 2. The molecule has 5 aromatic carbocycles. The zero-order chi connectivity index (χ0) is 50.4. The number of benzene rings is 5. The van der Waals surface area contributed by atoms with Crippen molar-refractivity contribution < 1.29 is 38.2 Å². The van der Waals surface area contributed by atoms with E-state index in [1.54, 1.807) is 43.3 Å². The summed E-state index contributed by atoms with van der Waals surface area (Å²) in [6, 6.07) is 20.0. The Morgan fingerprint density at radius 1 is 0.565 bits per heavy atom. The Labute approximate surface area is 422 Å². The van der Waals surface area contributed by atoms with Gasteiger partial charge in [-0.25, -0.2) is 0 Å². The molecule has 0 saturated carbocycles. The Bertz CT molecular complexity index is 2820. The highest BCUT2D eigenvalue weighted by Crippen LogP contribution is 2.33. The minimum Gasteiger partial charge on any atom is -0.497 e. The second-order valence-electron chi connectivity index (χ2n) is 15.0. The molecule has 3 atom stereocenters. The van der Waals surface area contributed by atoms with Crippen molar-refractivity contribution in [2.24, 2.45) is 20.5 Å². The molecule has 0 aliphatic carbocycles. The lowest BCUT2D eigenvalue weighted by molar-refractivity contribution is -0.127. The van der Waals surface area contributed by atoms with Crippen LogP contribution < -0.4 is 30.7 Å². The highest BCUT2D eigenvalue weighted by Gasteiger charge is 2.27. The quantitative estimate of drug-likeness (QED) is 0.0314. The van der Waals surface area contributed by atoms with E-state index in [9.17, 15) is 28.8 Å². The normalized spacial score (nSPS) is 12.5. The summed E-state index contributed by atoms with van der Waals surface area (Å²) in [7, 11) is 3.01. The van der Waals surface area contributed by atoms with Crippen LogP contribution in [0.4, 0.5) is 34.1 Å². The van der Waals surface area contributed by atoms with Gasteiger partial charge in [-0.2, -0.15) is 20.5 Å². The SMILES string of the molecule is COc1ccc(CCCl)c(NC(=O)c2ccc(Cl)c(N=NC(C(C)=O)C(=O)Nc3ccc(NC(=O)C(N=Nc4cc(C(=O)Nc5cc(OC)ccc5CCCl)ccc4Cl)C(C)=O)c(C(C)Cl)c3)c2)c1. The first-order valence-electron chi connectivity index (χ1n) is 20.9. The Morgan fingerprint density at radius 2 is 1.01 bits per heavy atom. The summed E-state index contributed by atoms with van der Waals surface area (Å²) in [6.07, 6.45) is 0.974. The smallest absolute Gasteiger partial charge is 0.258 e. The minimum atomic E-state index is -1.65. The zero-order valence-corrected chi connectivity index (χ0v) is 41.4. The number of anilines is 4. The lowest BCUT2D eigenvalue weighted by Crippen LogP contribution is -2.32. The highest BCUT2D eigenvalue weighted by atomic mass is 35.5.